The van der Waals surface area contributed by atoms with E-state index in [-0.39, 0.29) is 11.9 Å². The Morgan fingerprint density at radius 1 is 1.25 bits per heavy atom. The number of H-pyrrole nitrogens is 1. The highest BCUT2D eigenvalue weighted by Crippen LogP contribution is 2.38. The van der Waals surface area contributed by atoms with Gasteiger partial charge in [-0.1, -0.05) is 13.0 Å². The maximum absolute atomic E-state index is 11.6. The van der Waals surface area contributed by atoms with E-state index < -0.39 is 5.60 Å². The number of fused-ring (bicyclic) bond motifs is 1. The lowest BCUT2D eigenvalue weighted by Crippen LogP contribution is -2.35. The number of pyridine rings is 1. The van der Waals surface area contributed by atoms with E-state index in [1.54, 1.807) is 17.1 Å². The molecule has 4 aromatic rings. The fourth-order valence-electron chi connectivity index (χ4n) is 4.22. The average Bonchev–Trinajstić information content (AvgIpc) is 3.44. The first-order valence-electron chi connectivity index (χ1n) is 10.5. The van der Waals surface area contributed by atoms with E-state index >= 15 is 0 Å². The molecule has 0 aromatic carbocycles. The number of aryl methyl sites for hydroxylation is 1. The quantitative estimate of drug-likeness (QED) is 0.447. The molecule has 0 fully saturated rings. The molecule has 0 spiro atoms. The third kappa shape index (κ3) is 3.36. The number of rotatable bonds is 5. The van der Waals surface area contributed by atoms with Crippen LogP contribution in [0.1, 0.15) is 25.5 Å². The summed E-state index contributed by atoms with van der Waals surface area (Å²) in [5.74, 6) is -0.0301. The number of nitrogens with one attached hydrogen (secondary N) is 1. The summed E-state index contributed by atoms with van der Waals surface area (Å²) < 4.78 is 1.75. The third-order valence-corrected chi connectivity index (χ3v) is 6.05. The van der Waals surface area contributed by atoms with Crippen molar-refractivity contribution in [2.45, 2.75) is 25.4 Å². The molecule has 4 aromatic heterocycles. The van der Waals surface area contributed by atoms with Gasteiger partial charge < -0.3 is 15.8 Å². The summed E-state index contributed by atoms with van der Waals surface area (Å²) in [6.07, 6.45) is 14.0. The second-order valence-corrected chi connectivity index (χ2v) is 8.01. The molecule has 1 aliphatic heterocycles. The predicted molar refractivity (Wildman–Crippen MR) is 124 cm³/mol. The van der Waals surface area contributed by atoms with Gasteiger partial charge in [0.1, 0.15) is 11.2 Å². The Bertz CT molecular complexity index is 1350. The Hall–Kier alpha value is -3.85. The number of nitrogens with zero attached hydrogens (tertiary/aromatic N) is 6. The molecule has 5 heterocycles. The van der Waals surface area contributed by atoms with Crippen LogP contribution in [0.5, 0.6) is 0 Å². The molecule has 1 aliphatic rings. The van der Waals surface area contributed by atoms with Gasteiger partial charge in [0.25, 0.3) is 0 Å². The molecule has 0 amide bonds. The third-order valence-electron chi connectivity index (χ3n) is 6.05. The summed E-state index contributed by atoms with van der Waals surface area (Å²) in [4.78, 5) is 20.8. The molecule has 9 nitrogen and oxygen atoms in total. The van der Waals surface area contributed by atoms with E-state index in [4.69, 9.17) is 5.73 Å². The van der Waals surface area contributed by atoms with Crippen LogP contribution < -0.4 is 5.73 Å². The number of aliphatic imine (C=N–C) groups is 1. The van der Waals surface area contributed by atoms with E-state index in [2.05, 4.69) is 36.1 Å². The number of hydrogen-bond acceptors (Lipinski definition) is 7. The summed E-state index contributed by atoms with van der Waals surface area (Å²) in [5, 5.41) is 16.7. The lowest BCUT2D eigenvalue weighted by molar-refractivity contribution is -0.0114. The molecule has 0 saturated heterocycles. The lowest BCUT2D eigenvalue weighted by atomic mass is 9.79. The molecular weight excluding hydrogens is 404 g/mol. The minimum absolute atomic E-state index is 0.114. The normalized spacial score (nSPS) is 17.7. The highest BCUT2D eigenvalue weighted by atomic mass is 16.3. The summed E-state index contributed by atoms with van der Waals surface area (Å²) >= 11 is 0. The van der Waals surface area contributed by atoms with Crippen LogP contribution >= 0.6 is 0 Å². The molecule has 4 N–H and O–H groups in total. The van der Waals surface area contributed by atoms with Crippen LogP contribution in [0.3, 0.4) is 0 Å². The number of nitrogen functional groups attached to an aromatic ring is 1. The van der Waals surface area contributed by atoms with Gasteiger partial charge in [-0.3, -0.25) is 9.67 Å². The average molecular weight is 429 g/mol. The van der Waals surface area contributed by atoms with Gasteiger partial charge in [-0.25, -0.2) is 15.0 Å². The van der Waals surface area contributed by atoms with E-state index in [1.807, 2.05) is 50.9 Å². The van der Waals surface area contributed by atoms with Crippen molar-refractivity contribution in [1.82, 2.24) is 29.7 Å². The Morgan fingerprint density at radius 3 is 2.84 bits per heavy atom. The van der Waals surface area contributed by atoms with Crippen LogP contribution in [0.4, 0.5) is 5.95 Å². The first kappa shape index (κ1) is 20.1. The van der Waals surface area contributed by atoms with Gasteiger partial charge in [-0.15, -0.1) is 0 Å². The molecule has 2 unspecified atom stereocenters. The molecule has 32 heavy (non-hydrogen) atoms. The largest absolute Gasteiger partial charge is 0.383 e. The fraction of sp³-hybridized carbons (Fsp3) is 0.261. The standard InChI is InChI=1S/C23H24N8O/c1-3-23(32,16-4-6-25-7-5-16)20-9-19(29-22(24)30-20)18-12-27-21-17(18)8-14(10-26-21)15-11-28-31(2)13-15/h4,6-13,16,32H,3,5H2,1-2H3,(H,26,27)(H2,24,29,30). The van der Waals surface area contributed by atoms with E-state index in [1.165, 1.54) is 0 Å². The van der Waals surface area contributed by atoms with Gasteiger partial charge in [0.15, 0.2) is 0 Å². The minimum atomic E-state index is -1.18. The summed E-state index contributed by atoms with van der Waals surface area (Å²) in [7, 11) is 1.88. The molecule has 162 valence electrons. The molecule has 5 rings (SSSR count). The lowest BCUT2D eigenvalue weighted by Gasteiger charge is -2.33. The molecule has 0 radical (unpaired) electrons. The van der Waals surface area contributed by atoms with Crippen LogP contribution in [-0.2, 0) is 12.6 Å². The maximum Gasteiger partial charge on any atom is 0.220 e. The molecule has 0 bridgehead atoms. The van der Waals surface area contributed by atoms with Gasteiger partial charge in [-0.05, 0) is 25.0 Å². The molecule has 0 saturated carbocycles. The Morgan fingerprint density at radius 2 is 2.12 bits per heavy atom. The zero-order chi connectivity index (χ0) is 22.3. The van der Waals surface area contributed by atoms with E-state index in [9.17, 15) is 5.11 Å². The van der Waals surface area contributed by atoms with Crippen molar-refractivity contribution in [3.05, 3.63) is 54.9 Å². The van der Waals surface area contributed by atoms with Crippen LogP contribution in [-0.4, -0.2) is 41.0 Å². The molecule has 0 aliphatic carbocycles. The topological polar surface area (TPSA) is 131 Å². The number of aliphatic hydroxyl groups is 1. The van der Waals surface area contributed by atoms with Crippen molar-refractivity contribution in [2.24, 2.45) is 18.0 Å². The zero-order valence-corrected chi connectivity index (χ0v) is 17.9. The predicted octanol–water partition coefficient (Wildman–Crippen LogP) is 3.20. The Labute approximate surface area is 184 Å². The van der Waals surface area contributed by atoms with Crippen LogP contribution in [0.2, 0.25) is 0 Å². The summed E-state index contributed by atoms with van der Waals surface area (Å²) in [5.41, 5.74) is 9.55. The first-order chi connectivity index (χ1) is 15.5. The van der Waals surface area contributed by atoms with E-state index in [0.29, 0.717) is 24.2 Å². The maximum atomic E-state index is 11.6. The number of nitrogens with two attached hydrogens (primary N) is 1. The second-order valence-electron chi connectivity index (χ2n) is 8.01. The Balaban J connectivity index is 1.62. The van der Waals surface area contributed by atoms with Crippen molar-refractivity contribution in [1.29, 1.82) is 0 Å². The highest BCUT2D eigenvalue weighted by Gasteiger charge is 2.37. The van der Waals surface area contributed by atoms with Gasteiger partial charge >= 0.3 is 0 Å². The van der Waals surface area contributed by atoms with Gasteiger partial charge in [0, 0.05) is 66.0 Å². The van der Waals surface area contributed by atoms with Crippen molar-refractivity contribution in [2.75, 3.05) is 5.73 Å². The van der Waals surface area contributed by atoms with Crippen LogP contribution in [0, 0.1) is 5.92 Å². The second kappa shape index (κ2) is 7.69. The highest BCUT2D eigenvalue weighted by molar-refractivity contribution is 5.95. The molecular formula is C23H24N8O. The van der Waals surface area contributed by atoms with E-state index in [0.717, 1.165) is 27.7 Å². The number of anilines is 1. The van der Waals surface area contributed by atoms with Crippen molar-refractivity contribution in [3.8, 4) is 22.4 Å². The van der Waals surface area contributed by atoms with Gasteiger partial charge in [0.2, 0.25) is 5.95 Å². The van der Waals surface area contributed by atoms with Crippen molar-refractivity contribution >= 4 is 23.2 Å². The SMILES string of the molecule is CCC(O)(c1cc(-c2c[nH]c3ncc(-c4cnn(C)c4)cc23)nc(N)n1)C1C=CN=CC1. The van der Waals surface area contributed by atoms with Crippen LogP contribution in [0.25, 0.3) is 33.4 Å². The van der Waals surface area contributed by atoms with Crippen molar-refractivity contribution in [3.63, 3.8) is 0 Å². The van der Waals surface area contributed by atoms with Crippen molar-refractivity contribution < 1.29 is 5.11 Å². The Kier molecular flexibility index (Phi) is 4.82. The van der Waals surface area contributed by atoms with Gasteiger partial charge in [0.05, 0.1) is 17.6 Å². The van der Waals surface area contributed by atoms with Crippen LogP contribution in [0.15, 0.2) is 54.2 Å². The summed E-state index contributed by atoms with van der Waals surface area (Å²) in [6, 6.07) is 3.87. The van der Waals surface area contributed by atoms with Gasteiger partial charge in [-0.2, -0.15) is 5.10 Å². The summed E-state index contributed by atoms with van der Waals surface area (Å²) in [6.45, 7) is 1.94. The fourth-order valence-corrected chi connectivity index (χ4v) is 4.22. The number of aromatic amines is 1. The molecule has 9 heteroatoms. The number of hydrogen-bond donors (Lipinski definition) is 3. The molecule has 2 atom stereocenters. The smallest absolute Gasteiger partial charge is 0.220 e. The minimum Gasteiger partial charge on any atom is -0.383 e. The number of aromatic nitrogens is 6. The monoisotopic (exact) mass is 428 g/mol. The zero-order valence-electron chi connectivity index (χ0n) is 17.9. The first-order valence-corrected chi connectivity index (χ1v) is 10.5.